The maximum Gasteiger partial charge on any atom is 0.337 e. The highest BCUT2D eigenvalue weighted by Gasteiger charge is 2.06. The topological polar surface area (TPSA) is 50.2 Å². The van der Waals surface area contributed by atoms with Crippen LogP contribution in [0.15, 0.2) is 48.7 Å². The average molecular weight is 342 g/mol. The Kier molecular flexibility index (Phi) is 5.93. The van der Waals surface area contributed by atoms with Gasteiger partial charge >= 0.3 is 5.97 Å². The number of carboxylic acid groups (broad SMARTS) is 1. The van der Waals surface area contributed by atoms with E-state index < -0.39 is 5.97 Å². The summed E-state index contributed by atoms with van der Waals surface area (Å²) in [5.41, 5.74) is 3.21. The number of halogens is 1. The highest BCUT2D eigenvalue weighted by Crippen LogP contribution is 2.14. The molecule has 0 spiro atoms. The summed E-state index contributed by atoms with van der Waals surface area (Å²) in [5.74, 6) is -0.989. The lowest BCUT2D eigenvalue weighted by Gasteiger charge is -2.04. The van der Waals surface area contributed by atoms with Crippen LogP contribution in [0.2, 0.25) is 5.02 Å². The van der Waals surface area contributed by atoms with Gasteiger partial charge in [-0.1, -0.05) is 48.9 Å². The fraction of sp³-hybridized carbons (Fsp3) is 0.200. The first-order valence-corrected chi connectivity index (χ1v) is 8.13. The van der Waals surface area contributed by atoms with Crippen molar-refractivity contribution >= 4 is 29.2 Å². The third kappa shape index (κ3) is 4.33. The van der Waals surface area contributed by atoms with Crippen molar-refractivity contribution in [3.05, 3.63) is 75.4 Å². The number of benzene rings is 1. The Morgan fingerprint density at radius 1 is 1.29 bits per heavy atom. The zero-order valence-corrected chi connectivity index (χ0v) is 14.6. The monoisotopic (exact) mass is 341 g/mol. The standard InChI is InChI=1S/C20H20ClNO2/c1-4-13(2)5-10-19-18(11-16(12-22-19)20(23)24)14(3)15-6-8-17(21)9-7-15/h6-12H,2,4-5H2,1,3H3,(H,23,24). The van der Waals surface area contributed by atoms with E-state index in [1.165, 1.54) is 6.20 Å². The fourth-order valence-electron chi connectivity index (χ4n) is 2.30. The van der Waals surface area contributed by atoms with Gasteiger partial charge in [0.1, 0.15) is 0 Å². The molecule has 1 aromatic carbocycles. The van der Waals surface area contributed by atoms with Crippen molar-refractivity contribution < 1.29 is 9.90 Å². The zero-order chi connectivity index (χ0) is 17.7. The largest absolute Gasteiger partial charge is 0.478 e. The summed E-state index contributed by atoms with van der Waals surface area (Å²) in [6.45, 7) is 8.02. The van der Waals surface area contributed by atoms with E-state index in [2.05, 4.69) is 18.5 Å². The molecule has 3 nitrogen and oxygen atoms in total. The van der Waals surface area contributed by atoms with E-state index in [0.717, 1.165) is 40.1 Å². The second-order valence-corrected chi connectivity index (χ2v) is 6.04. The van der Waals surface area contributed by atoms with Crippen LogP contribution in [0.1, 0.15) is 42.6 Å². The molecule has 0 amide bonds. The first-order valence-electron chi connectivity index (χ1n) is 7.75. The Bertz CT molecular complexity index is 883. The smallest absolute Gasteiger partial charge is 0.337 e. The molecule has 0 atom stereocenters. The molecule has 1 aromatic heterocycles. The fourth-order valence-corrected chi connectivity index (χ4v) is 2.42. The minimum absolute atomic E-state index is 0.171. The molecule has 0 saturated carbocycles. The summed E-state index contributed by atoms with van der Waals surface area (Å²) in [7, 11) is 0. The average Bonchev–Trinajstić information content (AvgIpc) is 2.59. The maximum atomic E-state index is 11.3. The Morgan fingerprint density at radius 3 is 2.54 bits per heavy atom. The highest BCUT2D eigenvalue weighted by atomic mass is 35.5. The number of aromatic carboxylic acids is 1. The van der Waals surface area contributed by atoms with E-state index in [9.17, 15) is 9.90 Å². The first-order chi connectivity index (χ1) is 11.4. The molecule has 124 valence electrons. The summed E-state index contributed by atoms with van der Waals surface area (Å²) in [5, 5.41) is 11.5. The van der Waals surface area contributed by atoms with Gasteiger partial charge in [0.05, 0.1) is 10.9 Å². The lowest BCUT2D eigenvalue weighted by molar-refractivity contribution is 0.0696. The molecule has 0 saturated heterocycles. The molecule has 0 radical (unpaired) electrons. The summed E-state index contributed by atoms with van der Waals surface area (Å²) >= 11 is 5.95. The van der Waals surface area contributed by atoms with Crippen LogP contribution in [0.5, 0.6) is 0 Å². The number of aromatic nitrogens is 1. The number of pyridine rings is 1. The van der Waals surface area contributed by atoms with Crippen molar-refractivity contribution in [1.29, 1.82) is 0 Å². The molecule has 24 heavy (non-hydrogen) atoms. The van der Waals surface area contributed by atoms with Gasteiger partial charge < -0.3 is 5.11 Å². The van der Waals surface area contributed by atoms with Gasteiger partial charge in [0.2, 0.25) is 0 Å². The third-order valence-electron chi connectivity index (χ3n) is 3.93. The number of carboxylic acids is 1. The van der Waals surface area contributed by atoms with Crippen LogP contribution in [-0.2, 0) is 0 Å². The van der Waals surface area contributed by atoms with Gasteiger partial charge in [-0.15, -0.1) is 0 Å². The van der Waals surface area contributed by atoms with Crippen molar-refractivity contribution in [1.82, 2.24) is 4.98 Å². The van der Waals surface area contributed by atoms with E-state index in [0.29, 0.717) is 5.02 Å². The number of hydrogen-bond acceptors (Lipinski definition) is 2. The second-order valence-electron chi connectivity index (χ2n) is 5.61. The summed E-state index contributed by atoms with van der Waals surface area (Å²) in [6.07, 6.45) is 5.00. The third-order valence-corrected chi connectivity index (χ3v) is 4.18. The van der Waals surface area contributed by atoms with E-state index in [1.54, 1.807) is 6.07 Å². The molecule has 0 aliphatic heterocycles. The van der Waals surface area contributed by atoms with Crippen molar-refractivity contribution in [3.63, 3.8) is 0 Å². The van der Waals surface area contributed by atoms with Crippen LogP contribution in [0.25, 0.3) is 11.6 Å². The predicted octanol–water partition coefficient (Wildman–Crippen LogP) is 3.79. The summed E-state index contributed by atoms with van der Waals surface area (Å²) in [4.78, 5) is 15.6. The highest BCUT2D eigenvalue weighted by molar-refractivity contribution is 6.30. The molecule has 0 fully saturated rings. The van der Waals surface area contributed by atoms with Crippen LogP contribution in [0.4, 0.5) is 0 Å². The van der Waals surface area contributed by atoms with Crippen LogP contribution < -0.4 is 10.6 Å². The minimum Gasteiger partial charge on any atom is -0.478 e. The van der Waals surface area contributed by atoms with Gasteiger partial charge in [-0.3, -0.25) is 4.98 Å². The van der Waals surface area contributed by atoms with E-state index in [4.69, 9.17) is 11.6 Å². The van der Waals surface area contributed by atoms with Crippen LogP contribution in [0.3, 0.4) is 0 Å². The minimum atomic E-state index is -0.989. The second kappa shape index (κ2) is 7.93. The molecule has 1 N–H and O–H groups in total. The number of hydrogen-bond donors (Lipinski definition) is 1. The zero-order valence-electron chi connectivity index (χ0n) is 13.8. The Morgan fingerprint density at radius 2 is 1.96 bits per heavy atom. The lowest BCUT2D eigenvalue weighted by Crippen LogP contribution is -2.31. The van der Waals surface area contributed by atoms with Gasteiger partial charge in [0.15, 0.2) is 0 Å². The molecular formula is C20H20ClNO2. The van der Waals surface area contributed by atoms with Gasteiger partial charge in [-0.2, -0.15) is 0 Å². The lowest BCUT2D eigenvalue weighted by atomic mass is 10.0. The van der Waals surface area contributed by atoms with Crippen molar-refractivity contribution in [2.45, 2.75) is 26.7 Å². The first kappa shape index (κ1) is 18.0. The Hall–Kier alpha value is -2.39. The normalized spacial score (nSPS) is 12.9. The quantitative estimate of drug-likeness (QED) is 0.842. The van der Waals surface area contributed by atoms with Gasteiger partial charge in [0, 0.05) is 16.4 Å². The molecule has 0 aliphatic carbocycles. The Labute approximate surface area is 146 Å². The number of nitrogens with zero attached hydrogens (tertiary/aromatic N) is 1. The van der Waals surface area contributed by atoms with Crippen molar-refractivity contribution in [3.8, 4) is 0 Å². The molecule has 1 heterocycles. The molecule has 0 unspecified atom stereocenters. The summed E-state index contributed by atoms with van der Waals surface area (Å²) in [6, 6.07) is 9.13. The molecule has 2 rings (SSSR count). The number of rotatable bonds is 5. The molecule has 2 aromatic rings. The van der Waals surface area contributed by atoms with Crippen molar-refractivity contribution in [2.75, 3.05) is 0 Å². The Balaban J connectivity index is 2.69. The van der Waals surface area contributed by atoms with Crippen LogP contribution in [0, 0.1) is 0 Å². The van der Waals surface area contributed by atoms with Gasteiger partial charge in [-0.25, -0.2) is 4.79 Å². The van der Waals surface area contributed by atoms with Crippen molar-refractivity contribution in [2.24, 2.45) is 0 Å². The predicted molar refractivity (Wildman–Crippen MR) is 98.6 cm³/mol. The number of allylic oxidation sites excluding steroid dienone is 1. The maximum absolute atomic E-state index is 11.3. The molecular weight excluding hydrogens is 322 g/mol. The van der Waals surface area contributed by atoms with Crippen LogP contribution >= 0.6 is 11.6 Å². The summed E-state index contributed by atoms with van der Waals surface area (Å²) < 4.78 is 0. The van der Waals surface area contributed by atoms with Gasteiger partial charge in [-0.05, 0) is 49.1 Å². The molecule has 0 aliphatic rings. The number of carbonyl (C=O) groups is 1. The molecule has 0 bridgehead atoms. The molecule has 4 heteroatoms. The van der Waals surface area contributed by atoms with Crippen LogP contribution in [-0.4, -0.2) is 16.1 Å². The van der Waals surface area contributed by atoms with Gasteiger partial charge in [0.25, 0.3) is 0 Å². The van der Waals surface area contributed by atoms with E-state index in [-0.39, 0.29) is 5.56 Å². The van der Waals surface area contributed by atoms with E-state index >= 15 is 0 Å². The van der Waals surface area contributed by atoms with E-state index in [1.807, 2.05) is 37.3 Å². The SMILES string of the molecule is C=C(CC)CC=c1ncc(C(=O)O)cc1=C(C)c1ccc(Cl)cc1.